The van der Waals surface area contributed by atoms with Crippen molar-refractivity contribution in [2.75, 3.05) is 10.6 Å². The number of nitrogens with one attached hydrogen (secondary N) is 1. The SMILES string of the molecule is Nc1ccccc1C(=O)N/N=C/C12c3ccccc3C(c3ccccc31)C1C(=O)N(c3cccc4ccccc34)C(=O)C12. The molecule has 9 rings (SSSR count). The van der Waals surface area contributed by atoms with Crippen LogP contribution in [0.2, 0.25) is 0 Å². The molecule has 2 bridgehead atoms. The Bertz CT molecular complexity index is 1980. The van der Waals surface area contributed by atoms with Crippen LogP contribution in [0.4, 0.5) is 11.4 Å². The molecule has 3 amide bonds. The molecule has 7 heteroatoms. The Morgan fingerprint density at radius 2 is 1.40 bits per heavy atom. The van der Waals surface area contributed by atoms with E-state index in [1.807, 2.05) is 91.0 Å². The maximum atomic E-state index is 14.7. The lowest BCUT2D eigenvalue weighted by Gasteiger charge is -2.52. The molecule has 3 N–H and O–H groups in total. The van der Waals surface area contributed by atoms with Gasteiger partial charge >= 0.3 is 0 Å². The Morgan fingerprint density at radius 3 is 2.14 bits per heavy atom. The molecule has 2 atom stereocenters. The van der Waals surface area contributed by atoms with Crippen molar-refractivity contribution in [2.24, 2.45) is 16.9 Å². The molecule has 2 unspecified atom stereocenters. The van der Waals surface area contributed by atoms with Crippen molar-refractivity contribution in [3.63, 3.8) is 0 Å². The van der Waals surface area contributed by atoms with Gasteiger partial charge in [0, 0.05) is 23.2 Å². The number of para-hydroxylation sites is 1. The highest BCUT2D eigenvalue weighted by molar-refractivity contribution is 6.27. The van der Waals surface area contributed by atoms with Crippen LogP contribution in [-0.2, 0) is 15.0 Å². The van der Waals surface area contributed by atoms with Crippen molar-refractivity contribution in [2.45, 2.75) is 11.3 Å². The highest BCUT2D eigenvalue weighted by Crippen LogP contribution is 2.63. The van der Waals surface area contributed by atoms with Crippen LogP contribution in [0.3, 0.4) is 0 Å². The molecule has 3 aliphatic carbocycles. The first kappa shape index (κ1) is 25.2. The standard InChI is InChI=1S/C36H26N4O3/c37-28-18-8-5-15-25(28)33(41)39-38-20-36-26-16-6-3-13-23(26)30(24-14-4-7-17-27(24)36)31-32(36)35(43)40(34(31)42)29-19-9-11-21-10-1-2-12-22(21)29/h1-20,30-32H,37H2,(H,39,41)/b38-20+. The number of carbonyl (C=O) groups excluding carboxylic acids is 3. The Balaban J connectivity index is 1.32. The van der Waals surface area contributed by atoms with Gasteiger partial charge in [0.1, 0.15) is 0 Å². The second-order valence-corrected chi connectivity index (χ2v) is 11.3. The number of nitrogen functional groups attached to an aromatic ring is 1. The van der Waals surface area contributed by atoms with Crippen molar-refractivity contribution in [3.05, 3.63) is 143 Å². The van der Waals surface area contributed by atoms with Gasteiger partial charge in [-0.15, -0.1) is 0 Å². The van der Waals surface area contributed by atoms with Crippen molar-refractivity contribution in [1.29, 1.82) is 0 Å². The minimum Gasteiger partial charge on any atom is -0.398 e. The summed E-state index contributed by atoms with van der Waals surface area (Å²) in [6.45, 7) is 0. The minimum atomic E-state index is -1.09. The molecule has 0 saturated carbocycles. The van der Waals surface area contributed by atoms with Crippen molar-refractivity contribution in [1.82, 2.24) is 5.43 Å². The first-order valence-corrected chi connectivity index (χ1v) is 14.3. The molecule has 5 aromatic carbocycles. The average Bonchev–Trinajstić information content (AvgIpc) is 3.31. The lowest BCUT2D eigenvalue weighted by molar-refractivity contribution is -0.122. The fourth-order valence-electron chi connectivity index (χ4n) is 7.65. The van der Waals surface area contributed by atoms with Gasteiger partial charge in [-0.1, -0.05) is 97.1 Å². The van der Waals surface area contributed by atoms with Gasteiger partial charge in [-0.2, -0.15) is 5.10 Å². The number of rotatable bonds is 4. The van der Waals surface area contributed by atoms with Crippen LogP contribution in [0.5, 0.6) is 0 Å². The second kappa shape index (κ2) is 9.22. The zero-order chi connectivity index (χ0) is 29.3. The largest absolute Gasteiger partial charge is 0.398 e. The van der Waals surface area contributed by atoms with Crippen LogP contribution >= 0.6 is 0 Å². The van der Waals surface area contributed by atoms with Crippen LogP contribution in [0.25, 0.3) is 10.8 Å². The molecule has 208 valence electrons. The van der Waals surface area contributed by atoms with Gasteiger partial charge in [0.05, 0.1) is 28.5 Å². The van der Waals surface area contributed by atoms with E-state index in [1.54, 1.807) is 30.5 Å². The number of hydrogen-bond donors (Lipinski definition) is 2. The molecule has 5 aromatic rings. The number of benzene rings is 5. The fourth-order valence-corrected chi connectivity index (χ4v) is 7.65. The molecule has 1 fully saturated rings. The van der Waals surface area contributed by atoms with Gasteiger partial charge in [-0.25, -0.2) is 10.3 Å². The average molecular weight is 563 g/mol. The van der Waals surface area contributed by atoms with E-state index >= 15 is 0 Å². The van der Waals surface area contributed by atoms with E-state index in [0.29, 0.717) is 16.9 Å². The quantitative estimate of drug-likeness (QED) is 0.133. The van der Waals surface area contributed by atoms with Gasteiger partial charge in [-0.05, 0) is 45.8 Å². The van der Waals surface area contributed by atoms with Gasteiger partial charge in [0.15, 0.2) is 0 Å². The predicted octanol–water partition coefficient (Wildman–Crippen LogP) is 5.39. The third-order valence-electron chi connectivity index (χ3n) is 9.33. The van der Waals surface area contributed by atoms with Crippen molar-refractivity contribution < 1.29 is 14.4 Å². The lowest BCUT2D eigenvalue weighted by Crippen LogP contribution is -2.54. The number of amides is 3. The van der Waals surface area contributed by atoms with Gasteiger partial charge in [0.2, 0.25) is 11.8 Å². The number of anilines is 2. The topological polar surface area (TPSA) is 105 Å². The summed E-state index contributed by atoms with van der Waals surface area (Å²) in [5, 5.41) is 6.27. The highest BCUT2D eigenvalue weighted by atomic mass is 16.2. The highest BCUT2D eigenvalue weighted by Gasteiger charge is 2.68. The molecule has 0 spiro atoms. The number of imide groups is 1. The van der Waals surface area contributed by atoms with E-state index in [0.717, 1.165) is 33.0 Å². The number of hydrazone groups is 1. The number of nitrogens with two attached hydrogens (primary N) is 1. The van der Waals surface area contributed by atoms with Crippen LogP contribution < -0.4 is 16.1 Å². The molecule has 4 aliphatic rings. The lowest BCUT2D eigenvalue weighted by atomic mass is 9.47. The molecule has 0 radical (unpaired) electrons. The number of carbonyl (C=O) groups is 3. The predicted molar refractivity (Wildman–Crippen MR) is 166 cm³/mol. The van der Waals surface area contributed by atoms with Crippen LogP contribution in [-0.4, -0.2) is 23.9 Å². The van der Waals surface area contributed by atoms with E-state index in [4.69, 9.17) is 5.73 Å². The summed E-state index contributed by atoms with van der Waals surface area (Å²) in [4.78, 5) is 43.7. The Morgan fingerprint density at radius 1 is 0.767 bits per heavy atom. The summed E-state index contributed by atoms with van der Waals surface area (Å²) in [5.74, 6) is -2.63. The summed E-state index contributed by atoms with van der Waals surface area (Å²) >= 11 is 0. The normalized spacial score (nSPS) is 23.3. The molecule has 1 heterocycles. The second-order valence-electron chi connectivity index (χ2n) is 11.3. The third-order valence-corrected chi connectivity index (χ3v) is 9.33. The summed E-state index contributed by atoms with van der Waals surface area (Å²) in [6, 6.07) is 36.1. The van der Waals surface area contributed by atoms with Crippen molar-refractivity contribution >= 4 is 46.1 Å². The third kappa shape index (κ3) is 3.36. The smallest absolute Gasteiger partial charge is 0.273 e. The molecule has 0 aromatic heterocycles. The first-order valence-electron chi connectivity index (χ1n) is 14.3. The van der Waals surface area contributed by atoms with Gasteiger partial charge < -0.3 is 5.73 Å². The van der Waals surface area contributed by atoms with Gasteiger partial charge in [-0.3, -0.25) is 14.4 Å². The summed E-state index contributed by atoms with van der Waals surface area (Å²) in [7, 11) is 0. The van der Waals surface area contributed by atoms with Crippen LogP contribution in [0, 0.1) is 11.8 Å². The van der Waals surface area contributed by atoms with E-state index in [9.17, 15) is 14.4 Å². The zero-order valence-corrected chi connectivity index (χ0v) is 23.0. The minimum absolute atomic E-state index is 0.223. The molecule has 7 nitrogen and oxygen atoms in total. The fraction of sp³-hybridized carbons (Fsp3) is 0.111. The summed E-state index contributed by atoms with van der Waals surface area (Å²) in [5.41, 5.74) is 12.6. The van der Waals surface area contributed by atoms with E-state index in [1.165, 1.54) is 4.90 Å². The zero-order valence-electron chi connectivity index (χ0n) is 23.0. The monoisotopic (exact) mass is 562 g/mol. The summed E-state index contributed by atoms with van der Waals surface area (Å²) < 4.78 is 0. The summed E-state index contributed by atoms with van der Waals surface area (Å²) in [6.07, 6.45) is 1.66. The van der Waals surface area contributed by atoms with Crippen LogP contribution in [0.1, 0.15) is 38.5 Å². The number of fused-ring (bicyclic) bond motifs is 1. The van der Waals surface area contributed by atoms with E-state index in [2.05, 4.69) is 10.5 Å². The molecule has 43 heavy (non-hydrogen) atoms. The van der Waals surface area contributed by atoms with E-state index < -0.39 is 23.2 Å². The molecule has 1 saturated heterocycles. The Hall–Kier alpha value is -5.56. The number of nitrogens with zero attached hydrogens (tertiary/aromatic N) is 2. The maximum absolute atomic E-state index is 14.7. The molecule has 1 aliphatic heterocycles. The Labute approximate surface area is 247 Å². The number of hydrogen-bond acceptors (Lipinski definition) is 5. The Kier molecular flexibility index (Phi) is 5.40. The van der Waals surface area contributed by atoms with E-state index in [-0.39, 0.29) is 17.7 Å². The maximum Gasteiger partial charge on any atom is 0.273 e. The van der Waals surface area contributed by atoms with Gasteiger partial charge in [0.25, 0.3) is 5.91 Å². The van der Waals surface area contributed by atoms with Crippen LogP contribution in [0.15, 0.2) is 120 Å². The first-order chi connectivity index (χ1) is 21.0. The molecular weight excluding hydrogens is 536 g/mol. The van der Waals surface area contributed by atoms with Crippen molar-refractivity contribution in [3.8, 4) is 0 Å². The molecular formula is C36H26N4O3.